The number of rotatable bonds is 3. The summed E-state index contributed by atoms with van der Waals surface area (Å²) in [5.41, 5.74) is -0.665. The Hall–Kier alpha value is -2.63. The van der Waals surface area contributed by atoms with Crippen molar-refractivity contribution in [3.8, 4) is 0 Å². The number of hydrogen-bond donors (Lipinski definition) is 0. The fraction of sp³-hybridized carbons (Fsp3) is 0.0714. The van der Waals surface area contributed by atoms with Crippen molar-refractivity contribution in [3.05, 3.63) is 65.0 Å². The van der Waals surface area contributed by atoms with Gasteiger partial charge in [-0.1, -0.05) is 0 Å². The molecule has 0 aliphatic heterocycles. The maximum Gasteiger partial charge on any atom is 0.340 e. The van der Waals surface area contributed by atoms with Gasteiger partial charge in [-0.2, -0.15) is 0 Å². The Morgan fingerprint density at radius 1 is 1.10 bits per heavy atom. The highest BCUT2D eigenvalue weighted by Gasteiger charge is 2.21. The molecule has 1 aromatic heterocycles. The molecule has 20 heavy (non-hydrogen) atoms. The van der Waals surface area contributed by atoms with Crippen LogP contribution in [0.3, 0.4) is 0 Å². The van der Waals surface area contributed by atoms with Gasteiger partial charge in [0.25, 0.3) is 0 Å². The van der Waals surface area contributed by atoms with E-state index < -0.39 is 29.0 Å². The monoisotopic (exact) mass is 277 g/mol. The number of aromatic nitrogens is 1. The first kappa shape index (κ1) is 13.8. The minimum Gasteiger partial charge on any atom is -0.465 e. The molecule has 0 saturated heterocycles. The zero-order chi connectivity index (χ0) is 14.7. The van der Waals surface area contributed by atoms with Crippen molar-refractivity contribution in [1.29, 1.82) is 0 Å². The Balaban J connectivity index is 2.54. The van der Waals surface area contributed by atoms with E-state index in [9.17, 15) is 18.4 Å². The second-order valence-electron chi connectivity index (χ2n) is 3.87. The summed E-state index contributed by atoms with van der Waals surface area (Å²) in [5, 5.41) is 0. The number of ketones is 1. The van der Waals surface area contributed by atoms with Crippen molar-refractivity contribution >= 4 is 11.8 Å². The summed E-state index contributed by atoms with van der Waals surface area (Å²) in [4.78, 5) is 27.5. The van der Waals surface area contributed by atoms with Crippen molar-refractivity contribution in [1.82, 2.24) is 4.98 Å². The van der Waals surface area contributed by atoms with Crippen LogP contribution >= 0.6 is 0 Å². The summed E-state index contributed by atoms with van der Waals surface area (Å²) >= 11 is 0. The first-order valence-electron chi connectivity index (χ1n) is 5.56. The van der Waals surface area contributed by atoms with E-state index in [1.807, 2.05) is 0 Å². The van der Waals surface area contributed by atoms with E-state index in [1.54, 1.807) is 0 Å². The molecule has 0 bridgehead atoms. The summed E-state index contributed by atoms with van der Waals surface area (Å²) in [7, 11) is 1.15. The minimum atomic E-state index is -0.871. The zero-order valence-corrected chi connectivity index (χ0v) is 10.4. The van der Waals surface area contributed by atoms with Crippen LogP contribution in [0.25, 0.3) is 0 Å². The quantitative estimate of drug-likeness (QED) is 0.638. The number of pyridine rings is 1. The lowest BCUT2D eigenvalue weighted by atomic mass is 9.99. The van der Waals surface area contributed by atoms with E-state index in [1.165, 1.54) is 12.3 Å². The fourth-order valence-corrected chi connectivity index (χ4v) is 1.68. The molecule has 0 amide bonds. The van der Waals surface area contributed by atoms with Gasteiger partial charge in [-0.15, -0.1) is 0 Å². The van der Waals surface area contributed by atoms with Crippen molar-refractivity contribution in [2.24, 2.45) is 0 Å². The van der Waals surface area contributed by atoms with E-state index in [2.05, 4.69) is 9.72 Å². The molecule has 0 saturated carbocycles. The molecule has 102 valence electrons. The van der Waals surface area contributed by atoms with Gasteiger partial charge in [-0.05, 0) is 24.3 Å². The summed E-state index contributed by atoms with van der Waals surface area (Å²) < 4.78 is 31.2. The molecule has 6 heteroatoms. The largest absolute Gasteiger partial charge is 0.465 e. The Morgan fingerprint density at radius 2 is 1.85 bits per heavy atom. The van der Waals surface area contributed by atoms with Crippen LogP contribution in [0.1, 0.15) is 26.3 Å². The van der Waals surface area contributed by atoms with E-state index in [0.717, 1.165) is 31.5 Å². The lowest BCUT2D eigenvalue weighted by Crippen LogP contribution is -2.13. The Labute approximate surface area is 113 Å². The number of ether oxygens (including phenoxy) is 1. The highest BCUT2D eigenvalue weighted by atomic mass is 19.1. The average molecular weight is 277 g/mol. The third-order valence-electron chi connectivity index (χ3n) is 2.64. The number of esters is 1. The normalized spacial score (nSPS) is 10.2. The van der Waals surface area contributed by atoms with Crippen LogP contribution in [0.15, 0.2) is 36.7 Å². The smallest absolute Gasteiger partial charge is 0.340 e. The van der Waals surface area contributed by atoms with Gasteiger partial charge in [0.05, 0.1) is 18.2 Å². The van der Waals surface area contributed by atoms with Gasteiger partial charge in [0.2, 0.25) is 0 Å². The van der Waals surface area contributed by atoms with Crippen LogP contribution in [0.2, 0.25) is 0 Å². The molecule has 2 rings (SSSR count). The Kier molecular flexibility index (Phi) is 3.84. The first-order valence-corrected chi connectivity index (χ1v) is 5.56. The number of methoxy groups -OCH3 is 1. The Morgan fingerprint density at radius 3 is 2.55 bits per heavy atom. The van der Waals surface area contributed by atoms with Gasteiger partial charge >= 0.3 is 5.97 Å². The molecule has 0 aliphatic rings. The number of benzene rings is 1. The van der Waals surface area contributed by atoms with E-state index in [0.29, 0.717) is 0 Å². The minimum absolute atomic E-state index is 0.101. The molecule has 0 aliphatic carbocycles. The number of carbonyl (C=O) groups excluding carboxylic acids is 2. The summed E-state index contributed by atoms with van der Waals surface area (Å²) in [5.74, 6) is -3.21. The summed E-state index contributed by atoms with van der Waals surface area (Å²) in [6.07, 6.45) is 2.41. The predicted molar refractivity (Wildman–Crippen MR) is 65.4 cm³/mol. The Bertz CT molecular complexity index is 686. The lowest BCUT2D eigenvalue weighted by molar-refractivity contribution is 0.0597. The third kappa shape index (κ3) is 2.54. The molecule has 0 atom stereocenters. The molecule has 4 nitrogen and oxygen atoms in total. The van der Waals surface area contributed by atoms with Gasteiger partial charge in [0.15, 0.2) is 5.78 Å². The van der Waals surface area contributed by atoms with Gasteiger partial charge in [-0.25, -0.2) is 13.6 Å². The standard InChI is InChI=1S/C14H9F2NO3/c1-20-14(19)11-7-17-5-4-9(11)13(18)10-6-8(15)2-3-12(10)16/h2-7H,1H3. The van der Waals surface area contributed by atoms with Gasteiger partial charge in [-0.3, -0.25) is 9.78 Å². The SMILES string of the molecule is COC(=O)c1cnccc1C(=O)c1cc(F)ccc1F. The van der Waals surface area contributed by atoms with Crippen LogP contribution in [0.5, 0.6) is 0 Å². The zero-order valence-electron chi connectivity index (χ0n) is 10.4. The number of nitrogens with zero attached hydrogens (tertiary/aromatic N) is 1. The summed E-state index contributed by atoms with van der Waals surface area (Å²) in [6.45, 7) is 0. The topological polar surface area (TPSA) is 56.3 Å². The molecular weight excluding hydrogens is 268 g/mol. The van der Waals surface area contributed by atoms with Crippen molar-refractivity contribution < 1.29 is 23.1 Å². The van der Waals surface area contributed by atoms with Gasteiger partial charge in [0, 0.05) is 18.0 Å². The molecule has 1 aromatic carbocycles. The van der Waals surface area contributed by atoms with Crippen LogP contribution in [-0.4, -0.2) is 23.8 Å². The van der Waals surface area contributed by atoms with Gasteiger partial charge < -0.3 is 4.74 Å². The lowest BCUT2D eigenvalue weighted by Gasteiger charge is -2.07. The molecule has 2 aromatic rings. The number of carbonyl (C=O) groups is 2. The molecule has 0 fully saturated rings. The maximum absolute atomic E-state index is 13.6. The van der Waals surface area contributed by atoms with Crippen molar-refractivity contribution in [2.45, 2.75) is 0 Å². The molecule has 0 radical (unpaired) electrons. The molecule has 0 N–H and O–H groups in total. The molecular formula is C14H9F2NO3. The third-order valence-corrected chi connectivity index (χ3v) is 2.64. The predicted octanol–water partition coefficient (Wildman–Crippen LogP) is 2.38. The first-order chi connectivity index (χ1) is 9.54. The second-order valence-corrected chi connectivity index (χ2v) is 3.87. The van der Waals surface area contributed by atoms with Gasteiger partial charge in [0.1, 0.15) is 11.6 Å². The molecule has 1 heterocycles. The highest BCUT2D eigenvalue weighted by molar-refractivity contribution is 6.14. The number of hydrogen-bond acceptors (Lipinski definition) is 4. The molecule has 0 unspecified atom stereocenters. The molecule has 0 spiro atoms. The van der Waals surface area contributed by atoms with Crippen molar-refractivity contribution in [3.63, 3.8) is 0 Å². The van der Waals surface area contributed by atoms with Crippen LogP contribution < -0.4 is 0 Å². The van der Waals surface area contributed by atoms with E-state index in [-0.39, 0.29) is 11.1 Å². The number of halogens is 2. The van der Waals surface area contributed by atoms with Crippen LogP contribution in [-0.2, 0) is 4.74 Å². The van der Waals surface area contributed by atoms with E-state index in [4.69, 9.17) is 0 Å². The maximum atomic E-state index is 13.6. The fourth-order valence-electron chi connectivity index (χ4n) is 1.68. The highest BCUT2D eigenvalue weighted by Crippen LogP contribution is 2.18. The second kappa shape index (κ2) is 5.56. The van der Waals surface area contributed by atoms with Crippen LogP contribution in [0.4, 0.5) is 8.78 Å². The summed E-state index contributed by atoms with van der Waals surface area (Å²) in [6, 6.07) is 3.78. The van der Waals surface area contributed by atoms with Crippen LogP contribution in [0, 0.1) is 11.6 Å². The van der Waals surface area contributed by atoms with E-state index >= 15 is 0 Å². The van der Waals surface area contributed by atoms with Crippen molar-refractivity contribution in [2.75, 3.05) is 7.11 Å². The average Bonchev–Trinajstić information content (AvgIpc) is 2.48.